The van der Waals surface area contributed by atoms with Crippen LogP contribution >= 0.6 is 15.9 Å². The summed E-state index contributed by atoms with van der Waals surface area (Å²) in [5, 5.41) is 0. The van der Waals surface area contributed by atoms with Gasteiger partial charge in [0.15, 0.2) is 0 Å². The van der Waals surface area contributed by atoms with Gasteiger partial charge in [0.1, 0.15) is 0 Å². The third kappa shape index (κ3) is 2.41. The van der Waals surface area contributed by atoms with E-state index in [1.54, 1.807) is 12.3 Å². The number of carbonyl (C=O) groups excluding carboxylic acids is 2. The van der Waals surface area contributed by atoms with Gasteiger partial charge < -0.3 is 4.74 Å². The van der Waals surface area contributed by atoms with Crippen molar-refractivity contribution in [3.8, 4) is 0 Å². The van der Waals surface area contributed by atoms with Crippen molar-refractivity contribution < 1.29 is 14.3 Å². The molecule has 0 amide bonds. The molecule has 0 N–H and O–H groups in total. The number of hydrogen-bond acceptors (Lipinski definition) is 4. The molecule has 0 radical (unpaired) electrons. The zero-order valence-electron chi connectivity index (χ0n) is 7.77. The zero-order chi connectivity index (χ0) is 10.8. The van der Waals surface area contributed by atoms with Crippen LogP contribution in [0, 0.1) is 0 Å². The maximum Gasteiger partial charge on any atom is 0.314 e. The molecule has 1 fully saturated rings. The van der Waals surface area contributed by atoms with E-state index in [0.717, 1.165) is 10.2 Å². The molecule has 2 heterocycles. The van der Waals surface area contributed by atoms with Crippen LogP contribution in [-0.2, 0) is 14.3 Å². The SMILES string of the molecule is O=C1CC(c2ccc(Br)cn2)CC(=O)O1. The van der Waals surface area contributed by atoms with Crippen LogP contribution in [0.1, 0.15) is 24.5 Å². The predicted molar refractivity (Wildman–Crippen MR) is 55.0 cm³/mol. The summed E-state index contributed by atoms with van der Waals surface area (Å²) in [6.45, 7) is 0. The van der Waals surface area contributed by atoms with Crippen LogP contribution in [0.2, 0.25) is 0 Å². The van der Waals surface area contributed by atoms with Crippen molar-refractivity contribution in [2.75, 3.05) is 0 Å². The lowest BCUT2D eigenvalue weighted by molar-refractivity contribution is -0.164. The summed E-state index contributed by atoms with van der Waals surface area (Å²) < 4.78 is 5.32. The van der Waals surface area contributed by atoms with Crippen LogP contribution in [0.15, 0.2) is 22.8 Å². The molecule has 1 aliphatic heterocycles. The Morgan fingerprint density at radius 3 is 2.47 bits per heavy atom. The number of halogens is 1. The van der Waals surface area contributed by atoms with Gasteiger partial charge in [0.25, 0.3) is 0 Å². The summed E-state index contributed by atoms with van der Waals surface area (Å²) in [6, 6.07) is 3.65. The first kappa shape index (κ1) is 10.3. The summed E-state index contributed by atoms with van der Waals surface area (Å²) in [5.74, 6) is -1.09. The molecule has 78 valence electrons. The lowest BCUT2D eigenvalue weighted by Crippen LogP contribution is -2.24. The highest BCUT2D eigenvalue weighted by molar-refractivity contribution is 9.10. The van der Waals surface area contributed by atoms with Crippen LogP contribution in [0.25, 0.3) is 0 Å². The molecule has 2 rings (SSSR count). The van der Waals surface area contributed by atoms with E-state index in [0.29, 0.717) is 0 Å². The molecule has 5 heteroatoms. The van der Waals surface area contributed by atoms with Gasteiger partial charge in [-0.25, -0.2) is 0 Å². The molecule has 0 atom stereocenters. The van der Waals surface area contributed by atoms with Gasteiger partial charge in [-0.05, 0) is 28.1 Å². The maximum atomic E-state index is 11.0. The Balaban J connectivity index is 2.19. The number of carbonyl (C=O) groups is 2. The molecule has 0 aliphatic carbocycles. The molecule has 1 saturated heterocycles. The molecule has 4 nitrogen and oxygen atoms in total. The second-order valence-electron chi connectivity index (χ2n) is 3.35. The fourth-order valence-corrected chi connectivity index (χ4v) is 1.76. The Morgan fingerprint density at radius 2 is 1.93 bits per heavy atom. The Kier molecular flexibility index (Phi) is 2.81. The van der Waals surface area contributed by atoms with Crippen molar-refractivity contribution in [3.63, 3.8) is 0 Å². The monoisotopic (exact) mass is 269 g/mol. The summed E-state index contributed by atoms with van der Waals surface area (Å²) in [7, 11) is 0. The molecule has 0 spiro atoms. The highest BCUT2D eigenvalue weighted by Gasteiger charge is 2.28. The number of rotatable bonds is 1. The molecule has 1 aliphatic rings. The van der Waals surface area contributed by atoms with E-state index in [1.165, 1.54) is 0 Å². The van der Waals surface area contributed by atoms with E-state index in [9.17, 15) is 9.59 Å². The average Bonchev–Trinajstić information content (AvgIpc) is 2.17. The fourth-order valence-electron chi connectivity index (χ4n) is 1.52. The standard InChI is InChI=1S/C10H8BrNO3/c11-7-1-2-8(12-5-7)6-3-9(13)15-10(14)4-6/h1-2,5-6H,3-4H2. The van der Waals surface area contributed by atoms with E-state index in [-0.39, 0.29) is 18.8 Å². The fraction of sp³-hybridized carbons (Fsp3) is 0.300. The van der Waals surface area contributed by atoms with Crippen molar-refractivity contribution in [1.82, 2.24) is 4.98 Å². The van der Waals surface area contributed by atoms with Gasteiger partial charge in [0.05, 0.1) is 12.8 Å². The maximum absolute atomic E-state index is 11.0. The minimum atomic E-state index is -0.471. The normalized spacial score (nSPS) is 17.7. The molecule has 0 bridgehead atoms. The second-order valence-corrected chi connectivity index (χ2v) is 4.27. The van der Waals surface area contributed by atoms with Crippen molar-refractivity contribution in [1.29, 1.82) is 0 Å². The third-order valence-corrected chi connectivity index (χ3v) is 2.69. The van der Waals surface area contributed by atoms with E-state index in [4.69, 9.17) is 0 Å². The number of ether oxygens (including phenoxy) is 1. The summed E-state index contributed by atoms with van der Waals surface area (Å²) in [4.78, 5) is 26.3. The lowest BCUT2D eigenvalue weighted by Gasteiger charge is -2.18. The van der Waals surface area contributed by atoms with Gasteiger partial charge >= 0.3 is 11.9 Å². The Hall–Kier alpha value is -1.23. The molecular formula is C10H8BrNO3. The number of cyclic esters (lactones) is 2. The molecule has 0 aromatic carbocycles. The smallest absolute Gasteiger partial charge is 0.314 e. The van der Waals surface area contributed by atoms with Gasteiger partial charge in [-0.3, -0.25) is 14.6 Å². The van der Waals surface area contributed by atoms with Crippen LogP contribution in [0.5, 0.6) is 0 Å². The predicted octanol–water partition coefficient (Wildman–Crippen LogP) is 1.79. The van der Waals surface area contributed by atoms with Gasteiger partial charge in [-0.1, -0.05) is 0 Å². The van der Waals surface area contributed by atoms with Crippen LogP contribution in [0.3, 0.4) is 0 Å². The van der Waals surface area contributed by atoms with Gasteiger partial charge in [0, 0.05) is 22.3 Å². The van der Waals surface area contributed by atoms with Crippen LogP contribution < -0.4 is 0 Å². The Morgan fingerprint density at radius 1 is 1.27 bits per heavy atom. The van der Waals surface area contributed by atoms with Gasteiger partial charge in [-0.2, -0.15) is 0 Å². The minimum Gasteiger partial charge on any atom is -0.393 e. The largest absolute Gasteiger partial charge is 0.393 e. The second kappa shape index (κ2) is 4.10. The summed E-state index contributed by atoms with van der Waals surface area (Å²) >= 11 is 3.27. The Bertz CT molecular complexity index is 386. The highest BCUT2D eigenvalue weighted by Crippen LogP contribution is 2.27. The first-order valence-electron chi connectivity index (χ1n) is 4.50. The van der Waals surface area contributed by atoms with Crippen LogP contribution in [-0.4, -0.2) is 16.9 Å². The van der Waals surface area contributed by atoms with Crippen molar-refractivity contribution >= 4 is 27.9 Å². The number of pyridine rings is 1. The first-order chi connectivity index (χ1) is 7.15. The number of nitrogens with zero attached hydrogens (tertiary/aromatic N) is 1. The molecule has 0 saturated carbocycles. The molecular weight excluding hydrogens is 262 g/mol. The number of esters is 2. The van der Waals surface area contributed by atoms with Crippen LogP contribution in [0.4, 0.5) is 0 Å². The van der Waals surface area contributed by atoms with E-state index in [2.05, 4.69) is 25.7 Å². The van der Waals surface area contributed by atoms with E-state index >= 15 is 0 Å². The van der Waals surface area contributed by atoms with Gasteiger partial charge in [0.2, 0.25) is 0 Å². The molecule has 0 unspecified atom stereocenters. The molecule has 1 aromatic rings. The highest BCUT2D eigenvalue weighted by atomic mass is 79.9. The van der Waals surface area contributed by atoms with Crippen molar-refractivity contribution in [3.05, 3.63) is 28.5 Å². The number of hydrogen-bond donors (Lipinski definition) is 0. The molecule has 1 aromatic heterocycles. The van der Waals surface area contributed by atoms with Gasteiger partial charge in [-0.15, -0.1) is 0 Å². The quantitative estimate of drug-likeness (QED) is 0.576. The lowest BCUT2D eigenvalue weighted by atomic mass is 9.95. The minimum absolute atomic E-state index is 0.146. The average molecular weight is 270 g/mol. The van der Waals surface area contributed by atoms with Crippen molar-refractivity contribution in [2.45, 2.75) is 18.8 Å². The van der Waals surface area contributed by atoms with Crippen molar-refractivity contribution in [2.24, 2.45) is 0 Å². The summed E-state index contributed by atoms with van der Waals surface area (Å²) in [6.07, 6.45) is 2.10. The third-order valence-electron chi connectivity index (χ3n) is 2.22. The topological polar surface area (TPSA) is 56.3 Å². The number of aromatic nitrogens is 1. The van der Waals surface area contributed by atoms with E-state index < -0.39 is 11.9 Å². The van der Waals surface area contributed by atoms with E-state index in [1.807, 2.05) is 6.07 Å². The first-order valence-corrected chi connectivity index (χ1v) is 5.29. The molecule has 15 heavy (non-hydrogen) atoms. The zero-order valence-corrected chi connectivity index (χ0v) is 9.36. The summed E-state index contributed by atoms with van der Waals surface area (Å²) in [5.41, 5.74) is 0.753. The Labute approximate surface area is 94.8 Å².